The quantitative estimate of drug-likeness (QED) is 0.0780. The second-order valence-electron chi connectivity index (χ2n) is 10.9. The lowest BCUT2D eigenvalue weighted by Gasteiger charge is -2.23. The van der Waals surface area contributed by atoms with Crippen LogP contribution in [0.25, 0.3) is 0 Å². The number of aliphatic hydroxyl groups excluding tert-OH is 1. The minimum Gasteiger partial charge on any atom is -0.397 e. The zero-order valence-corrected chi connectivity index (χ0v) is 25.2. The number of aliphatic hydroxyl groups is 1. The van der Waals surface area contributed by atoms with Gasteiger partial charge in [0.15, 0.2) is 0 Å². The molecule has 2 atom stereocenters. The third-order valence-electron chi connectivity index (χ3n) is 7.33. The van der Waals surface area contributed by atoms with Crippen LogP contribution in [0.5, 0.6) is 0 Å². The number of para-hydroxylation sites is 1. The van der Waals surface area contributed by atoms with Crippen molar-refractivity contribution in [2.24, 2.45) is 21.6 Å². The monoisotopic (exact) mass is 541 g/mol. The molecule has 6 heteroatoms. The second-order valence-corrected chi connectivity index (χ2v) is 10.9. The molecule has 1 heterocycles. The van der Waals surface area contributed by atoms with Crippen molar-refractivity contribution in [2.75, 3.05) is 25.6 Å². The number of benzene rings is 1. The van der Waals surface area contributed by atoms with E-state index in [1.807, 2.05) is 18.2 Å². The number of nitrogen functional groups attached to an aromatic ring is 1. The molecule has 0 saturated heterocycles. The maximum atomic E-state index is 9.70. The van der Waals surface area contributed by atoms with E-state index in [1.165, 1.54) is 70.6 Å². The molecule has 0 aromatic heterocycles. The van der Waals surface area contributed by atoms with Gasteiger partial charge < -0.3 is 21.9 Å². The SMILES string of the molecule is C=C(CCCCCN)NC(CO)C(C)/C=C/CCCCCCCCCCCCC.Nc1cccc2c1=NCN=2. The van der Waals surface area contributed by atoms with Gasteiger partial charge in [-0.1, -0.05) is 109 Å². The number of nitrogens with one attached hydrogen (secondary N) is 1. The molecular weight excluding hydrogens is 482 g/mol. The molecule has 6 N–H and O–H groups in total. The van der Waals surface area contributed by atoms with Gasteiger partial charge in [0.05, 0.1) is 23.7 Å². The van der Waals surface area contributed by atoms with Crippen LogP contribution in [0.4, 0.5) is 5.69 Å². The summed E-state index contributed by atoms with van der Waals surface area (Å²) in [6.07, 6.45) is 25.3. The molecular formula is C33H59N5O. The van der Waals surface area contributed by atoms with E-state index < -0.39 is 0 Å². The van der Waals surface area contributed by atoms with E-state index in [4.69, 9.17) is 11.5 Å². The average Bonchev–Trinajstić information content (AvgIpc) is 3.43. The lowest BCUT2D eigenvalue weighted by Crippen LogP contribution is -2.36. The number of allylic oxidation sites excluding steroid dienone is 2. The van der Waals surface area contributed by atoms with Crippen LogP contribution < -0.4 is 27.5 Å². The fourth-order valence-electron chi connectivity index (χ4n) is 4.74. The Labute approximate surface area is 239 Å². The standard InChI is InChI=1S/C26H52N2O.C7H7N3/c1-4-5-6-7-8-9-10-11-12-13-14-15-17-20-24(2)26(23-29)28-25(3)21-18-16-19-22-27;8-5-2-1-3-6-7(5)10-4-9-6/h17,20,24,26,28-29H,3-16,18-19,21-23,27H2,1-2H3;1-3H,4,8H2/b20-17+;. The van der Waals surface area contributed by atoms with Gasteiger partial charge >= 0.3 is 0 Å². The Morgan fingerprint density at radius 3 is 2.23 bits per heavy atom. The van der Waals surface area contributed by atoms with Gasteiger partial charge in [0.25, 0.3) is 0 Å². The second kappa shape index (κ2) is 23.7. The summed E-state index contributed by atoms with van der Waals surface area (Å²) in [5, 5.41) is 14.9. The highest BCUT2D eigenvalue weighted by Gasteiger charge is 2.13. The van der Waals surface area contributed by atoms with Crippen molar-refractivity contribution < 1.29 is 5.11 Å². The highest BCUT2D eigenvalue weighted by atomic mass is 16.3. The predicted molar refractivity (Wildman–Crippen MR) is 168 cm³/mol. The Bertz CT molecular complexity index is 898. The van der Waals surface area contributed by atoms with Gasteiger partial charge in [0.1, 0.15) is 12.0 Å². The molecule has 1 aliphatic rings. The van der Waals surface area contributed by atoms with Crippen molar-refractivity contribution in [3.05, 3.63) is 53.3 Å². The van der Waals surface area contributed by atoms with E-state index in [9.17, 15) is 5.11 Å². The van der Waals surface area contributed by atoms with Gasteiger partial charge in [-0.25, -0.2) is 0 Å². The third kappa shape index (κ3) is 17.2. The number of hydrogen-bond acceptors (Lipinski definition) is 6. The van der Waals surface area contributed by atoms with Crippen LogP contribution in [0.3, 0.4) is 0 Å². The minimum absolute atomic E-state index is 0.0607. The molecule has 0 amide bonds. The molecule has 0 saturated carbocycles. The van der Waals surface area contributed by atoms with Gasteiger partial charge in [-0.2, -0.15) is 0 Å². The summed E-state index contributed by atoms with van der Waals surface area (Å²) in [6, 6.07) is 5.70. The molecule has 0 spiro atoms. The van der Waals surface area contributed by atoms with E-state index >= 15 is 0 Å². The first-order valence-electron chi connectivity index (χ1n) is 15.7. The molecule has 1 aliphatic heterocycles. The average molecular weight is 542 g/mol. The van der Waals surface area contributed by atoms with Crippen molar-refractivity contribution in [3.8, 4) is 0 Å². The van der Waals surface area contributed by atoms with E-state index in [-0.39, 0.29) is 12.6 Å². The lowest BCUT2D eigenvalue weighted by molar-refractivity contribution is 0.226. The maximum absolute atomic E-state index is 9.70. The van der Waals surface area contributed by atoms with E-state index in [0.29, 0.717) is 12.6 Å². The number of unbranched alkanes of at least 4 members (excludes halogenated alkanes) is 13. The van der Waals surface area contributed by atoms with Gasteiger partial charge in [0.2, 0.25) is 0 Å². The zero-order valence-electron chi connectivity index (χ0n) is 25.2. The van der Waals surface area contributed by atoms with E-state index in [2.05, 4.69) is 47.9 Å². The molecule has 0 radical (unpaired) electrons. The van der Waals surface area contributed by atoms with Gasteiger partial charge in [0, 0.05) is 5.70 Å². The molecule has 0 bridgehead atoms. The van der Waals surface area contributed by atoms with Crippen LogP contribution in [-0.4, -0.2) is 31.0 Å². The van der Waals surface area contributed by atoms with Crippen molar-refractivity contribution >= 4 is 5.69 Å². The summed E-state index contributed by atoms with van der Waals surface area (Å²) in [5.41, 5.74) is 12.9. The van der Waals surface area contributed by atoms with Crippen molar-refractivity contribution in [2.45, 2.75) is 123 Å². The first-order valence-corrected chi connectivity index (χ1v) is 15.7. The Balaban J connectivity index is 0.000000620. The van der Waals surface area contributed by atoms with Crippen molar-refractivity contribution in [1.82, 2.24) is 5.32 Å². The van der Waals surface area contributed by atoms with Crippen molar-refractivity contribution in [3.63, 3.8) is 0 Å². The number of hydrogen-bond donors (Lipinski definition) is 4. The van der Waals surface area contributed by atoms with Crippen LogP contribution in [0.15, 0.2) is 52.6 Å². The Morgan fingerprint density at radius 1 is 0.974 bits per heavy atom. The summed E-state index contributed by atoms with van der Waals surface area (Å²) in [4.78, 5) is 8.22. The van der Waals surface area contributed by atoms with Crippen molar-refractivity contribution in [1.29, 1.82) is 0 Å². The summed E-state index contributed by atoms with van der Waals surface area (Å²) < 4.78 is 0. The fraction of sp³-hybridized carbons (Fsp3) is 0.697. The van der Waals surface area contributed by atoms with Crippen LogP contribution in [0.2, 0.25) is 0 Å². The summed E-state index contributed by atoms with van der Waals surface area (Å²) in [7, 11) is 0. The van der Waals surface area contributed by atoms with Crippen LogP contribution in [-0.2, 0) is 0 Å². The largest absolute Gasteiger partial charge is 0.397 e. The number of anilines is 1. The molecule has 39 heavy (non-hydrogen) atoms. The Morgan fingerprint density at radius 2 is 1.62 bits per heavy atom. The highest BCUT2D eigenvalue weighted by molar-refractivity contribution is 5.36. The topological polar surface area (TPSA) is 109 Å². The first kappa shape index (κ1) is 34.8. The number of nitrogens with two attached hydrogens (primary N) is 2. The molecule has 0 aliphatic carbocycles. The zero-order chi connectivity index (χ0) is 28.6. The summed E-state index contributed by atoms with van der Waals surface area (Å²) in [5.74, 6) is 0.313. The fourth-order valence-corrected chi connectivity index (χ4v) is 4.74. The molecule has 1 aromatic carbocycles. The van der Waals surface area contributed by atoms with E-state index in [0.717, 1.165) is 60.7 Å². The number of fused-ring (bicyclic) bond motifs is 1. The Hall–Kier alpha value is -2.18. The van der Waals surface area contributed by atoms with Crippen LogP contribution >= 0.6 is 0 Å². The first-order chi connectivity index (χ1) is 19.0. The molecule has 2 unspecified atom stereocenters. The molecule has 1 aromatic rings. The molecule has 2 rings (SSSR count). The van der Waals surface area contributed by atoms with Gasteiger partial charge in [-0.05, 0) is 56.7 Å². The molecule has 6 nitrogen and oxygen atoms in total. The van der Waals surface area contributed by atoms with E-state index in [1.54, 1.807) is 0 Å². The number of rotatable bonds is 22. The van der Waals surface area contributed by atoms with Gasteiger partial charge in [-0.15, -0.1) is 0 Å². The predicted octanol–water partition coefficient (Wildman–Crippen LogP) is 6.34. The Kier molecular flexibility index (Phi) is 21.2. The third-order valence-corrected chi connectivity index (χ3v) is 7.33. The summed E-state index contributed by atoms with van der Waals surface area (Å²) in [6.45, 7) is 10.0. The number of nitrogens with zero attached hydrogens (tertiary/aromatic N) is 2. The van der Waals surface area contributed by atoms with Crippen LogP contribution in [0.1, 0.15) is 117 Å². The smallest absolute Gasteiger partial charge is 0.131 e. The molecule has 222 valence electrons. The lowest BCUT2D eigenvalue weighted by atomic mass is 10.00. The summed E-state index contributed by atoms with van der Waals surface area (Å²) >= 11 is 0. The normalized spacial score (nSPS) is 13.6. The maximum Gasteiger partial charge on any atom is 0.131 e. The highest BCUT2D eigenvalue weighted by Crippen LogP contribution is 2.14. The molecule has 0 fully saturated rings. The minimum atomic E-state index is 0.0607. The van der Waals surface area contributed by atoms with Gasteiger partial charge in [-0.3, -0.25) is 9.98 Å². The van der Waals surface area contributed by atoms with Crippen LogP contribution in [0, 0.1) is 5.92 Å².